The summed E-state index contributed by atoms with van der Waals surface area (Å²) in [6.07, 6.45) is 0. The molecule has 0 amide bonds. The van der Waals surface area contributed by atoms with Gasteiger partial charge in [0.1, 0.15) is 9.97 Å². The Morgan fingerprint density at radius 1 is 1.18 bits per heavy atom. The van der Waals surface area contributed by atoms with Gasteiger partial charge in [-0.05, 0) is 36.6 Å². The molecule has 0 radical (unpaired) electrons. The molecule has 0 N–H and O–H groups in total. The van der Waals surface area contributed by atoms with E-state index in [0.29, 0.717) is 47.8 Å². The van der Waals surface area contributed by atoms with Crippen LogP contribution in [-0.2, 0) is 16.6 Å². The van der Waals surface area contributed by atoms with Crippen molar-refractivity contribution in [2.24, 2.45) is 0 Å². The van der Waals surface area contributed by atoms with Crippen molar-refractivity contribution in [1.29, 1.82) is 0 Å². The number of rotatable bonds is 5. The van der Waals surface area contributed by atoms with Crippen molar-refractivity contribution >= 4 is 33.0 Å². The first-order valence-electron chi connectivity index (χ1n) is 8.92. The summed E-state index contributed by atoms with van der Waals surface area (Å²) in [6, 6.07) is 10.8. The molecule has 0 aliphatic carbocycles. The summed E-state index contributed by atoms with van der Waals surface area (Å²) < 4.78 is 33.1. The molecular weight excluding hydrogens is 418 g/mol. The molecule has 1 aromatic carbocycles. The molecule has 1 aliphatic heterocycles. The van der Waals surface area contributed by atoms with E-state index in [0.717, 1.165) is 17.0 Å². The van der Waals surface area contributed by atoms with Gasteiger partial charge in [0.2, 0.25) is 5.89 Å². The van der Waals surface area contributed by atoms with Crippen LogP contribution in [0, 0.1) is 6.92 Å². The van der Waals surface area contributed by atoms with Crippen molar-refractivity contribution < 1.29 is 12.8 Å². The molecular formula is C19H20ClN3O3S2. The summed E-state index contributed by atoms with van der Waals surface area (Å²) in [5, 5.41) is 2.42. The van der Waals surface area contributed by atoms with Gasteiger partial charge in [-0.15, -0.1) is 11.3 Å². The van der Waals surface area contributed by atoms with Crippen molar-refractivity contribution in [2.75, 3.05) is 26.2 Å². The summed E-state index contributed by atoms with van der Waals surface area (Å²) in [4.78, 5) is 6.83. The van der Waals surface area contributed by atoms with E-state index < -0.39 is 10.0 Å². The van der Waals surface area contributed by atoms with Crippen LogP contribution in [0.1, 0.15) is 11.5 Å². The minimum Gasteiger partial charge on any atom is -0.441 e. The maximum absolute atomic E-state index is 12.6. The van der Waals surface area contributed by atoms with Crippen LogP contribution in [0.5, 0.6) is 0 Å². The molecule has 1 aliphatic rings. The van der Waals surface area contributed by atoms with Gasteiger partial charge in [0.25, 0.3) is 10.0 Å². The molecule has 3 aromatic rings. The van der Waals surface area contributed by atoms with Crippen molar-refractivity contribution in [3.63, 3.8) is 0 Å². The molecule has 6 nitrogen and oxygen atoms in total. The monoisotopic (exact) mass is 437 g/mol. The van der Waals surface area contributed by atoms with E-state index in [9.17, 15) is 8.42 Å². The first-order valence-corrected chi connectivity index (χ1v) is 11.6. The van der Waals surface area contributed by atoms with Crippen LogP contribution < -0.4 is 0 Å². The van der Waals surface area contributed by atoms with E-state index in [-0.39, 0.29) is 0 Å². The van der Waals surface area contributed by atoms with Crippen LogP contribution in [-0.4, -0.2) is 48.8 Å². The van der Waals surface area contributed by atoms with Gasteiger partial charge in [-0.2, -0.15) is 4.31 Å². The largest absolute Gasteiger partial charge is 0.441 e. The first-order chi connectivity index (χ1) is 13.4. The quantitative estimate of drug-likeness (QED) is 0.606. The summed E-state index contributed by atoms with van der Waals surface area (Å²) in [6.45, 7) is 4.78. The second-order valence-corrected chi connectivity index (χ2v) is 10.2. The standard InChI is InChI=1S/C19H20ClN3O3S2/c1-14-17(21-19(26-14)15-4-2-5-16(20)12-15)13-22-7-9-23(10-8-22)28(24,25)18-6-3-11-27-18/h2-6,11-12H,7-10,13H2,1H3. The summed E-state index contributed by atoms with van der Waals surface area (Å²) in [7, 11) is -3.38. The number of sulfonamides is 1. The zero-order chi connectivity index (χ0) is 19.7. The highest BCUT2D eigenvalue weighted by atomic mass is 35.5. The molecule has 148 valence electrons. The minimum absolute atomic E-state index is 0.402. The Kier molecular flexibility index (Phi) is 5.57. The summed E-state index contributed by atoms with van der Waals surface area (Å²) >= 11 is 7.31. The van der Waals surface area contributed by atoms with E-state index in [1.807, 2.05) is 31.2 Å². The zero-order valence-electron chi connectivity index (χ0n) is 15.3. The molecule has 28 heavy (non-hydrogen) atoms. The first kappa shape index (κ1) is 19.6. The normalized spacial score (nSPS) is 16.5. The van der Waals surface area contributed by atoms with Crippen LogP contribution >= 0.6 is 22.9 Å². The number of oxazole rings is 1. The summed E-state index contributed by atoms with van der Waals surface area (Å²) in [5.41, 5.74) is 1.71. The Morgan fingerprint density at radius 2 is 1.96 bits per heavy atom. The number of thiophene rings is 1. The molecule has 3 heterocycles. The molecule has 0 bridgehead atoms. The second-order valence-electron chi connectivity index (χ2n) is 6.64. The molecule has 4 rings (SSSR count). The molecule has 1 fully saturated rings. The van der Waals surface area contributed by atoms with Crippen LogP contribution in [0.2, 0.25) is 5.02 Å². The fourth-order valence-corrected chi connectivity index (χ4v) is 5.95. The Balaban J connectivity index is 1.42. The van der Waals surface area contributed by atoms with E-state index in [4.69, 9.17) is 16.0 Å². The molecule has 0 atom stereocenters. The third-order valence-corrected chi connectivity index (χ3v) is 8.26. The number of aromatic nitrogens is 1. The van der Waals surface area contributed by atoms with Gasteiger partial charge in [-0.25, -0.2) is 13.4 Å². The molecule has 1 saturated heterocycles. The maximum Gasteiger partial charge on any atom is 0.252 e. The van der Waals surface area contributed by atoms with Crippen molar-refractivity contribution in [1.82, 2.24) is 14.2 Å². The van der Waals surface area contributed by atoms with Crippen LogP contribution in [0.4, 0.5) is 0 Å². The van der Waals surface area contributed by atoms with Gasteiger partial charge in [-0.1, -0.05) is 23.7 Å². The van der Waals surface area contributed by atoms with Gasteiger partial charge in [0.05, 0.1) is 5.69 Å². The fourth-order valence-electron chi connectivity index (χ4n) is 3.20. The molecule has 0 saturated carbocycles. The number of nitrogens with zero attached hydrogens (tertiary/aromatic N) is 3. The SMILES string of the molecule is Cc1oc(-c2cccc(Cl)c2)nc1CN1CCN(S(=O)(=O)c2cccs2)CC1. The lowest BCUT2D eigenvalue weighted by Crippen LogP contribution is -2.48. The average Bonchev–Trinajstić information content (AvgIpc) is 3.33. The average molecular weight is 438 g/mol. The molecule has 0 spiro atoms. The van der Waals surface area contributed by atoms with E-state index in [1.165, 1.54) is 11.3 Å². The number of hydrogen-bond acceptors (Lipinski definition) is 6. The summed E-state index contributed by atoms with van der Waals surface area (Å²) in [5.74, 6) is 1.32. The third-order valence-electron chi connectivity index (χ3n) is 4.76. The number of piperazine rings is 1. The predicted octanol–water partition coefficient (Wildman–Crippen LogP) is 3.87. The van der Waals surface area contributed by atoms with Crippen LogP contribution in [0.3, 0.4) is 0 Å². The number of hydrogen-bond donors (Lipinski definition) is 0. The Bertz CT molecular complexity index is 1060. The lowest BCUT2D eigenvalue weighted by Gasteiger charge is -2.33. The lowest BCUT2D eigenvalue weighted by molar-refractivity contribution is 0.179. The second kappa shape index (κ2) is 7.96. The Hall–Kier alpha value is -1.71. The number of halogens is 1. The number of benzene rings is 1. The van der Waals surface area contributed by atoms with Gasteiger partial charge < -0.3 is 4.42 Å². The van der Waals surface area contributed by atoms with Crippen LogP contribution in [0.15, 0.2) is 50.4 Å². The van der Waals surface area contributed by atoms with Crippen molar-refractivity contribution in [3.8, 4) is 11.5 Å². The van der Waals surface area contributed by atoms with Crippen molar-refractivity contribution in [2.45, 2.75) is 17.7 Å². The number of aryl methyl sites for hydroxylation is 1. The van der Waals surface area contributed by atoms with E-state index >= 15 is 0 Å². The molecule has 0 unspecified atom stereocenters. The minimum atomic E-state index is -3.38. The van der Waals surface area contributed by atoms with Gasteiger partial charge in [0, 0.05) is 43.3 Å². The van der Waals surface area contributed by atoms with Crippen molar-refractivity contribution in [3.05, 3.63) is 58.3 Å². The highest BCUT2D eigenvalue weighted by Crippen LogP contribution is 2.26. The van der Waals surface area contributed by atoms with Gasteiger partial charge in [0.15, 0.2) is 0 Å². The Morgan fingerprint density at radius 3 is 2.64 bits per heavy atom. The Labute approximate surface area is 173 Å². The van der Waals surface area contributed by atoms with E-state index in [2.05, 4.69) is 9.88 Å². The predicted molar refractivity (Wildman–Crippen MR) is 110 cm³/mol. The maximum atomic E-state index is 12.6. The lowest BCUT2D eigenvalue weighted by atomic mass is 10.2. The molecule has 9 heteroatoms. The fraction of sp³-hybridized carbons (Fsp3) is 0.316. The third kappa shape index (κ3) is 4.01. The van der Waals surface area contributed by atoms with Crippen LogP contribution in [0.25, 0.3) is 11.5 Å². The van der Waals surface area contributed by atoms with Gasteiger partial charge in [-0.3, -0.25) is 4.90 Å². The van der Waals surface area contributed by atoms with Gasteiger partial charge >= 0.3 is 0 Å². The van der Waals surface area contributed by atoms with E-state index in [1.54, 1.807) is 21.8 Å². The topological polar surface area (TPSA) is 66.7 Å². The smallest absolute Gasteiger partial charge is 0.252 e. The highest BCUT2D eigenvalue weighted by Gasteiger charge is 2.29. The zero-order valence-corrected chi connectivity index (χ0v) is 17.7. The highest BCUT2D eigenvalue weighted by molar-refractivity contribution is 7.91. The molecule has 2 aromatic heterocycles.